The van der Waals surface area contributed by atoms with Gasteiger partial charge in [-0.15, -0.1) is 0 Å². The molecule has 0 saturated heterocycles. The third kappa shape index (κ3) is 3.75. The fourth-order valence-corrected chi connectivity index (χ4v) is 2.11. The Morgan fingerprint density at radius 2 is 1.86 bits per heavy atom. The lowest BCUT2D eigenvalue weighted by atomic mass is 10.0. The fraction of sp³-hybridized carbons (Fsp3) is 0.235. The van der Waals surface area contributed by atoms with Gasteiger partial charge < -0.3 is 16.2 Å². The molecule has 0 aliphatic heterocycles. The van der Waals surface area contributed by atoms with Crippen LogP contribution in [0.15, 0.2) is 42.5 Å². The number of benzene rings is 2. The monoisotopic (exact) mass is 284 g/mol. The van der Waals surface area contributed by atoms with Crippen LogP contribution in [0.3, 0.4) is 0 Å². The zero-order valence-corrected chi connectivity index (χ0v) is 12.3. The third-order valence-corrected chi connectivity index (χ3v) is 3.40. The maximum atomic E-state index is 11.2. The molecule has 0 saturated carbocycles. The van der Waals surface area contributed by atoms with E-state index in [0.717, 1.165) is 5.56 Å². The van der Waals surface area contributed by atoms with Crippen LogP contribution < -0.4 is 11.1 Å². The summed E-state index contributed by atoms with van der Waals surface area (Å²) in [5, 5.41) is 12.3. The molecule has 0 amide bonds. The summed E-state index contributed by atoms with van der Waals surface area (Å²) < 4.78 is 0. The van der Waals surface area contributed by atoms with Gasteiger partial charge in [0.1, 0.15) is 0 Å². The van der Waals surface area contributed by atoms with Crippen LogP contribution in [0, 0.1) is 0 Å². The largest absolute Gasteiger partial charge is 0.478 e. The highest BCUT2D eigenvalue weighted by atomic mass is 16.4. The molecule has 2 aromatic rings. The molecule has 4 nitrogen and oxygen atoms in total. The van der Waals surface area contributed by atoms with Crippen LogP contribution >= 0.6 is 0 Å². The van der Waals surface area contributed by atoms with Crippen LogP contribution in [0.2, 0.25) is 0 Å². The summed E-state index contributed by atoms with van der Waals surface area (Å²) in [6, 6.07) is 13.0. The van der Waals surface area contributed by atoms with Gasteiger partial charge in [0.15, 0.2) is 0 Å². The SMILES string of the molecule is CC(C)c1ccc(CNc2cc(N)ccc2C(=O)O)cc1. The molecule has 0 aliphatic rings. The minimum atomic E-state index is -0.965. The average Bonchev–Trinajstić information content (AvgIpc) is 2.45. The van der Waals surface area contributed by atoms with Crippen LogP contribution in [-0.2, 0) is 6.54 Å². The van der Waals surface area contributed by atoms with E-state index in [4.69, 9.17) is 5.73 Å². The quantitative estimate of drug-likeness (QED) is 0.732. The number of nitrogen functional groups attached to an aromatic ring is 1. The molecule has 2 aromatic carbocycles. The number of carboxylic acid groups (broad SMARTS) is 1. The molecule has 0 unspecified atom stereocenters. The molecule has 4 heteroatoms. The molecule has 0 atom stereocenters. The van der Waals surface area contributed by atoms with Crippen molar-refractivity contribution in [2.24, 2.45) is 0 Å². The fourth-order valence-electron chi connectivity index (χ4n) is 2.11. The molecule has 0 spiro atoms. The highest BCUT2D eigenvalue weighted by Crippen LogP contribution is 2.21. The van der Waals surface area contributed by atoms with Crippen molar-refractivity contribution in [1.82, 2.24) is 0 Å². The van der Waals surface area contributed by atoms with E-state index in [9.17, 15) is 9.90 Å². The minimum absolute atomic E-state index is 0.225. The van der Waals surface area contributed by atoms with Crippen molar-refractivity contribution in [2.75, 3.05) is 11.1 Å². The lowest BCUT2D eigenvalue weighted by Crippen LogP contribution is -2.07. The number of aromatic carboxylic acids is 1. The maximum absolute atomic E-state index is 11.2. The number of nitrogens with two attached hydrogens (primary N) is 1. The number of carbonyl (C=O) groups is 1. The summed E-state index contributed by atoms with van der Waals surface area (Å²) in [5.41, 5.74) is 9.40. The number of hydrogen-bond acceptors (Lipinski definition) is 3. The van der Waals surface area contributed by atoms with Gasteiger partial charge in [-0.3, -0.25) is 0 Å². The molecule has 110 valence electrons. The Bertz CT molecular complexity index is 634. The first-order chi connectivity index (χ1) is 9.97. The van der Waals surface area contributed by atoms with Crippen LogP contribution in [-0.4, -0.2) is 11.1 Å². The van der Waals surface area contributed by atoms with Crippen molar-refractivity contribution in [2.45, 2.75) is 26.3 Å². The first-order valence-corrected chi connectivity index (χ1v) is 6.93. The van der Waals surface area contributed by atoms with Gasteiger partial charge in [-0.1, -0.05) is 38.1 Å². The summed E-state index contributed by atoms with van der Waals surface area (Å²) >= 11 is 0. The van der Waals surface area contributed by atoms with Crippen molar-refractivity contribution in [1.29, 1.82) is 0 Å². The number of carboxylic acids is 1. The van der Waals surface area contributed by atoms with Crippen LogP contribution in [0.4, 0.5) is 11.4 Å². The zero-order chi connectivity index (χ0) is 15.4. The normalized spacial score (nSPS) is 10.6. The van der Waals surface area contributed by atoms with E-state index in [0.29, 0.717) is 23.8 Å². The zero-order valence-electron chi connectivity index (χ0n) is 12.3. The molecule has 0 aromatic heterocycles. The highest BCUT2D eigenvalue weighted by molar-refractivity contribution is 5.95. The number of nitrogens with one attached hydrogen (secondary N) is 1. The summed E-state index contributed by atoms with van der Waals surface area (Å²) in [6.07, 6.45) is 0. The summed E-state index contributed by atoms with van der Waals surface area (Å²) in [5.74, 6) is -0.466. The molecule has 2 rings (SSSR count). The molecule has 0 aliphatic carbocycles. The van der Waals surface area contributed by atoms with Gasteiger partial charge in [0.25, 0.3) is 0 Å². The second-order valence-corrected chi connectivity index (χ2v) is 5.36. The Morgan fingerprint density at radius 3 is 2.43 bits per heavy atom. The molecule has 0 radical (unpaired) electrons. The third-order valence-electron chi connectivity index (χ3n) is 3.40. The van der Waals surface area contributed by atoms with Crippen molar-refractivity contribution in [3.05, 3.63) is 59.2 Å². The second-order valence-electron chi connectivity index (χ2n) is 5.36. The van der Waals surface area contributed by atoms with Gasteiger partial charge >= 0.3 is 5.97 Å². The molecular weight excluding hydrogens is 264 g/mol. The van der Waals surface area contributed by atoms with E-state index in [2.05, 4.69) is 43.4 Å². The van der Waals surface area contributed by atoms with Crippen molar-refractivity contribution >= 4 is 17.3 Å². The van der Waals surface area contributed by atoms with Gasteiger partial charge in [0.2, 0.25) is 0 Å². The van der Waals surface area contributed by atoms with Gasteiger partial charge in [-0.05, 0) is 35.2 Å². The minimum Gasteiger partial charge on any atom is -0.478 e. The molecule has 4 N–H and O–H groups in total. The Balaban J connectivity index is 2.12. The molecule has 0 fully saturated rings. The standard InChI is InChI=1S/C17H20N2O2/c1-11(2)13-5-3-12(4-6-13)10-19-16-9-14(18)7-8-15(16)17(20)21/h3-9,11,19H,10,18H2,1-2H3,(H,20,21). The second kappa shape index (κ2) is 6.31. The smallest absolute Gasteiger partial charge is 0.337 e. The van der Waals surface area contributed by atoms with Crippen molar-refractivity contribution in [3.8, 4) is 0 Å². The first-order valence-electron chi connectivity index (χ1n) is 6.93. The van der Waals surface area contributed by atoms with E-state index >= 15 is 0 Å². The summed E-state index contributed by atoms with van der Waals surface area (Å²) in [7, 11) is 0. The van der Waals surface area contributed by atoms with Gasteiger partial charge in [-0.25, -0.2) is 4.79 Å². The van der Waals surface area contributed by atoms with Crippen LogP contribution in [0.25, 0.3) is 0 Å². The summed E-state index contributed by atoms with van der Waals surface area (Å²) in [6.45, 7) is 4.86. The lowest BCUT2D eigenvalue weighted by molar-refractivity contribution is 0.0698. The van der Waals surface area contributed by atoms with Crippen LogP contribution in [0.1, 0.15) is 41.3 Å². The highest BCUT2D eigenvalue weighted by Gasteiger charge is 2.10. The van der Waals surface area contributed by atoms with Gasteiger partial charge in [-0.2, -0.15) is 0 Å². The molecule has 0 heterocycles. The Morgan fingerprint density at radius 1 is 1.19 bits per heavy atom. The summed E-state index contributed by atoms with van der Waals surface area (Å²) in [4.78, 5) is 11.2. The first kappa shape index (κ1) is 14.9. The molecular formula is C17H20N2O2. The molecule has 0 bridgehead atoms. The van der Waals surface area contributed by atoms with E-state index in [1.165, 1.54) is 11.6 Å². The van der Waals surface area contributed by atoms with Crippen molar-refractivity contribution < 1.29 is 9.90 Å². The van der Waals surface area contributed by atoms with Gasteiger partial charge in [0.05, 0.1) is 11.3 Å². The van der Waals surface area contributed by atoms with E-state index in [-0.39, 0.29) is 5.56 Å². The molecule has 21 heavy (non-hydrogen) atoms. The van der Waals surface area contributed by atoms with Crippen molar-refractivity contribution in [3.63, 3.8) is 0 Å². The Hall–Kier alpha value is -2.49. The maximum Gasteiger partial charge on any atom is 0.337 e. The van der Waals surface area contributed by atoms with E-state index in [1.54, 1.807) is 12.1 Å². The number of anilines is 2. The predicted molar refractivity (Wildman–Crippen MR) is 85.7 cm³/mol. The van der Waals surface area contributed by atoms with E-state index in [1.807, 2.05) is 0 Å². The van der Waals surface area contributed by atoms with Crippen LogP contribution in [0.5, 0.6) is 0 Å². The lowest BCUT2D eigenvalue weighted by Gasteiger charge is -2.11. The average molecular weight is 284 g/mol. The van der Waals surface area contributed by atoms with E-state index < -0.39 is 5.97 Å². The topological polar surface area (TPSA) is 75.3 Å². The van der Waals surface area contributed by atoms with Gasteiger partial charge in [0, 0.05) is 12.2 Å². The Kier molecular flexibility index (Phi) is 4.48. The number of rotatable bonds is 5. The predicted octanol–water partition coefficient (Wildman–Crippen LogP) is 3.70. The number of hydrogen-bond donors (Lipinski definition) is 3. The Labute approximate surface area is 124 Å².